The van der Waals surface area contributed by atoms with Gasteiger partial charge in [0, 0.05) is 13.1 Å². The van der Waals surface area contributed by atoms with Crippen molar-refractivity contribution in [1.29, 1.82) is 0 Å². The number of urea groups is 1. The van der Waals surface area contributed by atoms with Crippen LogP contribution in [-0.4, -0.2) is 62.5 Å². The Balaban J connectivity index is 1.80. The van der Waals surface area contributed by atoms with Crippen LogP contribution in [0.2, 0.25) is 0 Å². The molecule has 3 rings (SSSR count). The van der Waals surface area contributed by atoms with Crippen molar-refractivity contribution in [3.63, 3.8) is 0 Å². The molecule has 0 spiro atoms. The molecule has 0 aliphatic carbocycles. The van der Waals surface area contributed by atoms with Gasteiger partial charge in [-0.3, -0.25) is 10.1 Å². The molecule has 160 valence electrons. The van der Waals surface area contributed by atoms with Gasteiger partial charge < -0.3 is 14.4 Å². The molecule has 1 aromatic heterocycles. The highest BCUT2D eigenvalue weighted by Gasteiger charge is 2.28. The molecule has 2 heterocycles. The average Bonchev–Trinajstić information content (AvgIpc) is 3.27. The Bertz CT molecular complexity index is 1030. The van der Waals surface area contributed by atoms with E-state index in [1.165, 1.54) is 38.5 Å². The number of anilines is 1. The van der Waals surface area contributed by atoms with Crippen molar-refractivity contribution in [3.8, 4) is 11.8 Å². The van der Waals surface area contributed by atoms with Gasteiger partial charge >= 0.3 is 6.03 Å². The summed E-state index contributed by atoms with van der Waals surface area (Å²) >= 11 is 0. The van der Waals surface area contributed by atoms with Crippen LogP contribution in [-0.2, 0) is 10.0 Å². The summed E-state index contributed by atoms with van der Waals surface area (Å²) in [7, 11) is -1.61. The molecule has 30 heavy (non-hydrogen) atoms. The largest absolute Gasteiger partial charge is 0.481 e. The molecule has 3 amide bonds. The zero-order valence-corrected chi connectivity index (χ0v) is 17.2. The molecule has 0 bridgehead atoms. The Morgan fingerprint density at radius 1 is 1.03 bits per heavy atom. The van der Waals surface area contributed by atoms with Gasteiger partial charge in [0.2, 0.25) is 17.7 Å². The molecular weight excluding hydrogens is 414 g/mol. The van der Waals surface area contributed by atoms with Gasteiger partial charge in [-0.15, -0.1) is 0 Å². The van der Waals surface area contributed by atoms with Crippen LogP contribution in [0.4, 0.5) is 10.7 Å². The molecule has 0 unspecified atom stereocenters. The fourth-order valence-electron chi connectivity index (χ4n) is 2.94. The summed E-state index contributed by atoms with van der Waals surface area (Å²) in [6.07, 6.45) is 1.73. The lowest BCUT2D eigenvalue weighted by molar-refractivity contribution is 0.0789. The number of carbonyl (C=O) groups excluding carboxylic acids is 2. The minimum absolute atomic E-state index is 0.000926. The zero-order valence-electron chi connectivity index (χ0n) is 16.4. The summed E-state index contributed by atoms with van der Waals surface area (Å²) in [5.41, 5.74) is -0.000926. The summed E-state index contributed by atoms with van der Waals surface area (Å²) in [4.78, 5) is 34.1. The first-order valence-corrected chi connectivity index (χ1v) is 10.5. The van der Waals surface area contributed by atoms with Crippen LogP contribution in [0, 0.1) is 0 Å². The van der Waals surface area contributed by atoms with Crippen LogP contribution in [0.15, 0.2) is 35.2 Å². The number of methoxy groups -OCH3 is 2. The third-order valence-electron chi connectivity index (χ3n) is 4.35. The molecule has 1 aromatic carbocycles. The lowest BCUT2D eigenvalue weighted by atomic mass is 10.2. The maximum Gasteiger partial charge on any atom is 0.335 e. The molecule has 11 nitrogen and oxygen atoms in total. The number of aromatic nitrogens is 2. The number of nitrogens with one attached hydrogen (secondary N) is 2. The SMILES string of the molecule is COc1cc(OC)nc(NC(=O)NS(=O)(=O)c2ccccc2C(=O)N2CCCC2)n1. The van der Waals surface area contributed by atoms with E-state index in [2.05, 4.69) is 15.3 Å². The van der Waals surface area contributed by atoms with Crippen molar-refractivity contribution in [1.82, 2.24) is 19.6 Å². The van der Waals surface area contributed by atoms with Crippen LogP contribution in [0.25, 0.3) is 0 Å². The van der Waals surface area contributed by atoms with Crippen molar-refractivity contribution in [3.05, 3.63) is 35.9 Å². The molecule has 2 N–H and O–H groups in total. The van der Waals surface area contributed by atoms with Crippen LogP contribution >= 0.6 is 0 Å². The number of nitrogens with zero attached hydrogens (tertiary/aromatic N) is 3. The Morgan fingerprint density at radius 2 is 1.63 bits per heavy atom. The van der Waals surface area contributed by atoms with E-state index in [1.54, 1.807) is 11.0 Å². The first kappa shape index (κ1) is 21.3. The van der Waals surface area contributed by atoms with Crippen molar-refractivity contribution in [2.75, 3.05) is 32.6 Å². The van der Waals surface area contributed by atoms with E-state index >= 15 is 0 Å². The Kier molecular flexibility index (Phi) is 6.35. The van der Waals surface area contributed by atoms with Crippen molar-refractivity contribution >= 4 is 27.9 Å². The topological polar surface area (TPSA) is 140 Å². The summed E-state index contributed by atoms with van der Waals surface area (Å²) in [6.45, 7) is 1.13. The molecule has 1 fully saturated rings. The van der Waals surface area contributed by atoms with Crippen LogP contribution < -0.4 is 19.5 Å². The second-order valence-corrected chi connectivity index (χ2v) is 7.98. The maximum atomic E-state index is 12.8. The number of amides is 3. The molecule has 1 aliphatic heterocycles. The highest BCUT2D eigenvalue weighted by molar-refractivity contribution is 7.90. The van der Waals surface area contributed by atoms with Gasteiger partial charge in [-0.2, -0.15) is 9.97 Å². The minimum atomic E-state index is -4.34. The summed E-state index contributed by atoms with van der Waals surface area (Å²) in [5, 5.41) is 2.21. The lowest BCUT2D eigenvalue weighted by Gasteiger charge is -2.17. The number of hydrogen-bond donors (Lipinski definition) is 2. The number of ether oxygens (including phenoxy) is 2. The molecule has 2 aromatic rings. The van der Waals surface area contributed by atoms with Crippen molar-refractivity contribution in [2.24, 2.45) is 0 Å². The van der Waals surface area contributed by atoms with Gasteiger partial charge in [0.15, 0.2) is 0 Å². The van der Waals surface area contributed by atoms with Crippen molar-refractivity contribution < 1.29 is 27.5 Å². The summed E-state index contributed by atoms with van der Waals surface area (Å²) in [6, 6.07) is 6.02. The first-order valence-electron chi connectivity index (χ1n) is 9.03. The summed E-state index contributed by atoms with van der Waals surface area (Å²) < 4.78 is 37.4. The van der Waals surface area contributed by atoms with E-state index in [0.717, 1.165) is 12.8 Å². The Hall–Kier alpha value is -3.41. The molecule has 0 radical (unpaired) electrons. The first-order chi connectivity index (χ1) is 14.3. The number of rotatable bonds is 6. The predicted molar refractivity (Wildman–Crippen MR) is 106 cm³/mol. The Morgan fingerprint density at radius 3 is 2.23 bits per heavy atom. The van der Waals surface area contributed by atoms with Crippen LogP contribution in [0.1, 0.15) is 23.2 Å². The fourth-order valence-corrected chi connectivity index (χ4v) is 4.05. The normalized spacial score (nSPS) is 13.6. The smallest absolute Gasteiger partial charge is 0.335 e. The van der Waals surface area contributed by atoms with Crippen LogP contribution in [0.3, 0.4) is 0 Å². The monoisotopic (exact) mass is 435 g/mol. The van der Waals surface area contributed by atoms with Gasteiger partial charge in [0.1, 0.15) is 4.90 Å². The van der Waals surface area contributed by atoms with Gasteiger partial charge in [-0.25, -0.2) is 17.9 Å². The van der Waals surface area contributed by atoms with Gasteiger partial charge in [0.25, 0.3) is 15.9 Å². The van der Waals surface area contributed by atoms with Gasteiger partial charge in [-0.05, 0) is 25.0 Å². The average molecular weight is 435 g/mol. The second-order valence-electron chi connectivity index (χ2n) is 6.33. The predicted octanol–water partition coefficient (Wildman–Crippen LogP) is 1.24. The molecule has 12 heteroatoms. The standard InChI is InChI=1S/C18H21N5O6S/c1-28-14-11-15(29-2)20-17(19-14)21-18(25)22-30(26,27)13-8-4-3-7-12(13)16(24)23-9-5-6-10-23/h3-4,7-8,11H,5-6,9-10H2,1-2H3,(H2,19,20,21,22,25). The van der Waals surface area contributed by atoms with Crippen molar-refractivity contribution in [2.45, 2.75) is 17.7 Å². The van der Waals surface area contributed by atoms with Gasteiger partial charge in [0.05, 0.1) is 25.8 Å². The zero-order chi connectivity index (χ0) is 21.7. The number of hydrogen-bond acceptors (Lipinski definition) is 8. The molecule has 1 saturated heterocycles. The lowest BCUT2D eigenvalue weighted by Crippen LogP contribution is -2.36. The van der Waals surface area contributed by atoms with Crippen LogP contribution in [0.5, 0.6) is 11.8 Å². The minimum Gasteiger partial charge on any atom is -0.481 e. The maximum absolute atomic E-state index is 12.8. The molecule has 1 aliphatic rings. The van der Waals surface area contributed by atoms with Gasteiger partial charge in [-0.1, -0.05) is 12.1 Å². The van der Waals surface area contributed by atoms with E-state index in [9.17, 15) is 18.0 Å². The number of likely N-dealkylation sites (tertiary alicyclic amines) is 1. The number of sulfonamides is 1. The highest BCUT2D eigenvalue weighted by Crippen LogP contribution is 2.21. The van der Waals surface area contributed by atoms with E-state index in [-0.39, 0.29) is 28.2 Å². The third-order valence-corrected chi connectivity index (χ3v) is 5.74. The molecule has 0 saturated carbocycles. The highest BCUT2D eigenvalue weighted by atomic mass is 32.2. The van der Waals surface area contributed by atoms with E-state index in [4.69, 9.17) is 9.47 Å². The second kappa shape index (κ2) is 8.95. The number of benzene rings is 1. The summed E-state index contributed by atoms with van der Waals surface area (Å²) in [5.74, 6) is -0.391. The van der Waals surface area contributed by atoms with E-state index in [0.29, 0.717) is 13.1 Å². The number of carbonyl (C=O) groups is 2. The third kappa shape index (κ3) is 4.76. The molecule has 0 atom stereocenters. The Labute approximate surface area is 173 Å². The van der Waals surface area contributed by atoms with E-state index < -0.39 is 22.0 Å². The molecular formula is C18H21N5O6S. The van der Waals surface area contributed by atoms with E-state index in [1.807, 2.05) is 4.72 Å². The quantitative estimate of drug-likeness (QED) is 0.691. The fraction of sp³-hybridized carbons (Fsp3) is 0.333.